The molecule has 0 saturated heterocycles. The van der Waals surface area contributed by atoms with Gasteiger partial charge in [-0.25, -0.2) is 22.7 Å². The van der Waals surface area contributed by atoms with Crippen LogP contribution in [0.15, 0.2) is 44.4 Å². The van der Waals surface area contributed by atoms with Gasteiger partial charge in [0.1, 0.15) is 28.1 Å². The van der Waals surface area contributed by atoms with E-state index in [1.165, 1.54) is 18.2 Å². The Bertz CT molecular complexity index is 1430. The first-order valence-electron chi connectivity index (χ1n) is 11.1. The van der Waals surface area contributed by atoms with Crippen LogP contribution < -0.4 is 15.2 Å². The molecule has 0 spiro atoms. The Morgan fingerprint density at radius 1 is 1.26 bits per heavy atom. The van der Waals surface area contributed by atoms with E-state index in [0.29, 0.717) is 17.5 Å². The second kappa shape index (κ2) is 8.89. The minimum absolute atomic E-state index is 0.0385. The van der Waals surface area contributed by atoms with Gasteiger partial charge in [0, 0.05) is 17.9 Å². The van der Waals surface area contributed by atoms with Gasteiger partial charge in [0.2, 0.25) is 15.9 Å². The molecule has 3 atom stereocenters. The van der Waals surface area contributed by atoms with E-state index < -0.39 is 45.3 Å². The lowest BCUT2D eigenvalue weighted by Gasteiger charge is -2.36. The lowest BCUT2D eigenvalue weighted by molar-refractivity contribution is 0.00882. The van der Waals surface area contributed by atoms with Gasteiger partial charge in [-0.05, 0) is 56.5 Å². The van der Waals surface area contributed by atoms with Crippen LogP contribution in [0.4, 0.5) is 4.39 Å². The van der Waals surface area contributed by atoms with Crippen LogP contribution in [-0.4, -0.2) is 29.3 Å². The van der Waals surface area contributed by atoms with Crippen LogP contribution in [0.1, 0.15) is 73.4 Å². The molecule has 3 aromatic rings. The molecule has 0 bridgehead atoms. The Morgan fingerprint density at radius 2 is 1.97 bits per heavy atom. The molecule has 9 nitrogen and oxygen atoms in total. The van der Waals surface area contributed by atoms with Gasteiger partial charge in [-0.3, -0.25) is 0 Å². The number of aromatic nitrogens is 2. The van der Waals surface area contributed by atoms with Crippen molar-refractivity contribution < 1.29 is 27.1 Å². The quantitative estimate of drug-likeness (QED) is 0.466. The number of hydrogen-bond donors (Lipinski definition) is 3. The zero-order valence-electron chi connectivity index (χ0n) is 20.0. The van der Waals surface area contributed by atoms with Crippen LogP contribution in [0.5, 0.6) is 5.75 Å². The maximum absolute atomic E-state index is 14.9. The molecule has 0 fully saturated rings. The number of aromatic amines is 1. The number of halogens is 1. The zero-order chi connectivity index (χ0) is 25.7. The maximum atomic E-state index is 14.9. The van der Waals surface area contributed by atoms with E-state index in [0.717, 1.165) is 5.56 Å². The van der Waals surface area contributed by atoms with Crippen molar-refractivity contribution in [1.82, 2.24) is 14.9 Å². The number of benzene rings is 2. The average Bonchev–Trinajstić information content (AvgIpc) is 3.19. The third-order valence-corrected chi connectivity index (χ3v) is 7.88. The minimum atomic E-state index is -4.33. The summed E-state index contributed by atoms with van der Waals surface area (Å²) in [7, 11) is -4.33. The van der Waals surface area contributed by atoms with Crippen molar-refractivity contribution in [3.8, 4) is 5.75 Å². The molecule has 188 valence electrons. The molecule has 1 aliphatic heterocycles. The van der Waals surface area contributed by atoms with Gasteiger partial charge < -0.3 is 14.3 Å². The number of H-pyrrole nitrogens is 1. The highest BCUT2D eigenvalue weighted by molar-refractivity contribution is 7.89. The maximum Gasteiger partial charge on any atom is 0.434 e. The molecule has 0 saturated carbocycles. The lowest BCUT2D eigenvalue weighted by Crippen LogP contribution is -2.37. The van der Waals surface area contributed by atoms with Crippen molar-refractivity contribution in [3.63, 3.8) is 0 Å². The molecule has 4 rings (SSSR count). The Morgan fingerprint density at radius 3 is 2.63 bits per heavy atom. The number of nitrogens with zero attached hydrogens (tertiary/aromatic N) is 1. The first kappa shape index (κ1) is 25.1. The third-order valence-electron chi connectivity index (χ3n) is 6.41. The summed E-state index contributed by atoms with van der Waals surface area (Å²) in [5.41, 5.74) is 1.28. The molecule has 11 heteroatoms. The highest BCUT2D eigenvalue weighted by atomic mass is 32.2. The summed E-state index contributed by atoms with van der Waals surface area (Å²) in [5.74, 6) is -2.40. The first-order chi connectivity index (χ1) is 16.3. The predicted octanol–water partition coefficient (Wildman–Crippen LogP) is 3.54. The fourth-order valence-corrected chi connectivity index (χ4v) is 5.94. The summed E-state index contributed by atoms with van der Waals surface area (Å²) in [6, 6.07) is 6.19. The fourth-order valence-electron chi connectivity index (χ4n) is 4.51. The van der Waals surface area contributed by atoms with Crippen LogP contribution in [0.2, 0.25) is 0 Å². The summed E-state index contributed by atoms with van der Waals surface area (Å²) in [4.78, 5) is 11.5. The molecular weight excluding hydrogens is 477 g/mol. The number of sulfonamides is 1. The summed E-state index contributed by atoms with van der Waals surface area (Å²) in [6.45, 7) is 8.68. The zero-order valence-corrected chi connectivity index (χ0v) is 20.9. The minimum Gasteiger partial charge on any atom is -0.486 e. The molecule has 2 heterocycles. The second-order valence-corrected chi connectivity index (χ2v) is 11.2. The van der Waals surface area contributed by atoms with Crippen LogP contribution in [0.25, 0.3) is 0 Å². The second-order valence-electron chi connectivity index (χ2n) is 9.50. The first-order valence-corrected chi connectivity index (χ1v) is 12.6. The number of rotatable bonds is 6. The Hall–Kier alpha value is -3.02. The molecule has 0 radical (unpaired) electrons. The van der Waals surface area contributed by atoms with E-state index in [1.54, 1.807) is 39.8 Å². The highest BCUT2D eigenvalue weighted by Gasteiger charge is 2.39. The molecule has 1 aromatic heterocycles. The van der Waals surface area contributed by atoms with E-state index in [4.69, 9.17) is 9.15 Å². The van der Waals surface area contributed by atoms with Gasteiger partial charge in [-0.1, -0.05) is 25.1 Å². The normalized spacial score (nSPS) is 19.0. The summed E-state index contributed by atoms with van der Waals surface area (Å²) in [6.07, 6.45) is -0.618. The molecule has 1 aliphatic rings. The largest absolute Gasteiger partial charge is 0.486 e. The number of aliphatic hydroxyl groups excluding tert-OH is 1. The standard InChI is InChI=1S/C24H28FN3O6S/c1-12-9-10-16(25)19(13(12)2)14(3)20(22-26-27-23(30)33-22)28-35(31,32)18-8-6-7-15-17(29)11-24(4,5)34-21(15)18/h6-10,14,17,20,28-29H,11H2,1-5H3,(H,27,30)/t14-,17+,20+/m1/s1. The van der Waals surface area contributed by atoms with Gasteiger partial charge in [-0.15, -0.1) is 5.10 Å². The predicted molar refractivity (Wildman–Crippen MR) is 125 cm³/mol. The Kier molecular flexibility index (Phi) is 6.37. The third kappa shape index (κ3) is 4.75. The smallest absolute Gasteiger partial charge is 0.434 e. The van der Waals surface area contributed by atoms with E-state index in [1.807, 2.05) is 6.92 Å². The number of aryl methyl sites for hydroxylation is 1. The van der Waals surface area contributed by atoms with Gasteiger partial charge in [-0.2, -0.15) is 4.72 Å². The number of aliphatic hydroxyl groups is 1. The Balaban J connectivity index is 1.82. The molecule has 0 amide bonds. The summed E-state index contributed by atoms with van der Waals surface area (Å²) in [5, 5.41) is 16.5. The van der Waals surface area contributed by atoms with Crippen LogP contribution in [0, 0.1) is 19.7 Å². The van der Waals surface area contributed by atoms with Gasteiger partial charge in [0.15, 0.2) is 0 Å². The highest BCUT2D eigenvalue weighted by Crippen LogP contribution is 2.43. The lowest BCUT2D eigenvalue weighted by atomic mass is 9.88. The van der Waals surface area contributed by atoms with Crippen molar-refractivity contribution in [3.05, 3.63) is 74.8 Å². The molecule has 35 heavy (non-hydrogen) atoms. The van der Waals surface area contributed by atoms with Gasteiger partial charge >= 0.3 is 5.76 Å². The van der Waals surface area contributed by atoms with Crippen LogP contribution >= 0.6 is 0 Å². The number of para-hydroxylation sites is 1. The SMILES string of the molecule is Cc1ccc(F)c([C@@H](C)[C@H](NS(=O)(=O)c2cccc3c2OC(C)(C)C[C@@H]3O)c2n[nH]c(=O)o2)c1C. The van der Waals surface area contributed by atoms with Gasteiger partial charge in [0.25, 0.3) is 0 Å². The number of ether oxygens (including phenoxy) is 1. The molecular formula is C24H28FN3O6S. The number of nitrogens with one attached hydrogen (secondary N) is 2. The van der Waals surface area contributed by atoms with Crippen LogP contribution in [-0.2, 0) is 10.0 Å². The van der Waals surface area contributed by atoms with Crippen LogP contribution in [0.3, 0.4) is 0 Å². The summed E-state index contributed by atoms with van der Waals surface area (Å²) < 4.78 is 55.8. The molecule has 3 N–H and O–H groups in total. The Labute approximate surface area is 202 Å². The summed E-state index contributed by atoms with van der Waals surface area (Å²) >= 11 is 0. The van der Waals surface area contributed by atoms with Crippen molar-refractivity contribution in [2.45, 2.75) is 69.6 Å². The number of fused-ring (bicyclic) bond motifs is 1. The average molecular weight is 506 g/mol. The molecule has 2 aromatic carbocycles. The van der Waals surface area contributed by atoms with E-state index in [-0.39, 0.29) is 22.1 Å². The van der Waals surface area contributed by atoms with Crippen molar-refractivity contribution >= 4 is 10.0 Å². The molecule has 0 aliphatic carbocycles. The van der Waals surface area contributed by atoms with E-state index >= 15 is 0 Å². The topological polar surface area (TPSA) is 135 Å². The fraction of sp³-hybridized carbons (Fsp3) is 0.417. The van der Waals surface area contributed by atoms with E-state index in [2.05, 4.69) is 14.9 Å². The van der Waals surface area contributed by atoms with Crippen molar-refractivity contribution in [2.75, 3.05) is 0 Å². The monoisotopic (exact) mass is 505 g/mol. The van der Waals surface area contributed by atoms with Gasteiger partial charge in [0.05, 0.1) is 6.10 Å². The van der Waals surface area contributed by atoms with Crippen molar-refractivity contribution in [2.24, 2.45) is 0 Å². The number of hydrogen-bond acceptors (Lipinski definition) is 7. The van der Waals surface area contributed by atoms with E-state index in [9.17, 15) is 22.7 Å². The molecule has 0 unspecified atom stereocenters. The van der Waals surface area contributed by atoms with Crippen molar-refractivity contribution in [1.29, 1.82) is 0 Å².